The van der Waals surface area contributed by atoms with Crippen LogP contribution in [0.1, 0.15) is 23.5 Å². The zero-order valence-corrected chi connectivity index (χ0v) is 16.8. The molecular weight excluding hydrogens is 400 g/mol. The van der Waals surface area contributed by atoms with E-state index in [1.165, 1.54) is 12.3 Å². The molecule has 1 atom stereocenters. The van der Waals surface area contributed by atoms with Gasteiger partial charge in [-0.15, -0.1) is 0 Å². The summed E-state index contributed by atoms with van der Waals surface area (Å²) in [5, 5.41) is 14.8. The molecule has 0 saturated heterocycles. The van der Waals surface area contributed by atoms with E-state index in [-0.39, 0.29) is 34.3 Å². The van der Waals surface area contributed by atoms with E-state index >= 15 is 0 Å². The van der Waals surface area contributed by atoms with Gasteiger partial charge in [-0.2, -0.15) is 5.10 Å². The number of benzene rings is 2. The van der Waals surface area contributed by atoms with E-state index in [4.69, 9.17) is 13.9 Å². The van der Waals surface area contributed by atoms with Crippen LogP contribution in [0.2, 0.25) is 0 Å². The third-order valence-electron chi connectivity index (χ3n) is 5.50. The summed E-state index contributed by atoms with van der Waals surface area (Å²) in [4.78, 5) is 25.5. The van der Waals surface area contributed by atoms with Gasteiger partial charge in [0.25, 0.3) is 0 Å². The number of aryl methyl sites for hydroxylation is 1. The van der Waals surface area contributed by atoms with Crippen molar-refractivity contribution in [3.8, 4) is 28.4 Å². The van der Waals surface area contributed by atoms with Crippen molar-refractivity contribution in [3.63, 3.8) is 0 Å². The van der Waals surface area contributed by atoms with Crippen LogP contribution in [0.4, 0.5) is 0 Å². The molecule has 0 spiro atoms. The minimum atomic E-state index is -0.433. The molecule has 156 valence electrons. The minimum absolute atomic E-state index is 0.0407. The SMILES string of the molecule is COc1ccc(-c2coc3c4c(cc(O)c3c2=O)OC(=O)C[C@H]4c2cnn(C)c2)cc1. The summed E-state index contributed by atoms with van der Waals surface area (Å²) in [5.74, 6) is -0.319. The number of fused-ring (bicyclic) bond motifs is 3. The van der Waals surface area contributed by atoms with E-state index in [0.29, 0.717) is 22.4 Å². The number of esters is 1. The summed E-state index contributed by atoms with van der Waals surface area (Å²) in [7, 11) is 3.34. The summed E-state index contributed by atoms with van der Waals surface area (Å²) < 4.78 is 18.1. The van der Waals surface area contributed by atoms with Gasteiger partial charge < -0.3 is 19.0 Å². The lowest BCUT2D eigenvalue weighted by molar-refractivity contribution is -0.135. The van der Waals surface area contributed by atoms with E-state index in [2.05, 4.69) is 5.10 Å². The number of phenols is 1. The second kappa shape index (κ2) is 7.02. The van der Waals surface area contributed by atoms with Gasteiger partial charge in [0.15, 0.2) is 0 Å². The normalized spacial score (nSPS) is 15.5. The van der Waals surface area contributed by atoms with Crippen LogP contribution in [0.25, 0.3) is 22.1 Å². The molecule has 0 unspecified atom stereocenters. The number of aromatic nitrogens is 2. The van der Waals surface area contributed by atoms with E-state index in [0.717, 1.165) is 5.56 Å². The molecule has 8 nitrogen and oxygen atoms in total. The lowest BCUT2D eigenvalue weighted by atomic mass is 9.86. The Bertz CT molecular complexity index is 1380. The largest absolute Gasteiger partial charge is 0.507 e. The molecule has 0 radical (unpaired) electrons. The predicted molar refractivity (Wildman–Crippen MR) is 111 cm³/mol. The number of hydrogen-bond donors (Lipinski definition) is 1. The van der Waals surface area contributed by atoms with Gasteiger partial charge in [-0.3, -0.25) is 14.3 Å². The summed E-state index contributed by atoms with van der Waals surface area (Å²) in [6.45, 7) is 0. The number of hydrogen-bond acceptors (Lipinski definition) is 7. The third-order valence-corrected chi connectivity index (χ3v) is 5.50. The highest BCUT2D eigenvalue weighted by Crippen LogP contribution is 2.45. The van der Waals surface area contributed by atoms with Gasteiger partial charge in [-0.25, -0.2) is 0 Å². The molecule has 8 heteroatoms. The minimum Gasteiger partial charge on any atom is -0.507 e. The highest BCUT2D eigenvalue weighted by Gasteiger charge is 2.34. The number of ether oxygens (including phenoxy) is 2. The van der Waals surface area contributed by atoms with Crippen molar-refractivity contribution >= 4 is 16.9 Å². The fourth-order valence-corrected chi connectivity index (χ4v) is 4.01. The van der Waals surface area contributed by atoms with Crippen molar-refractivity contribution in [3.05, 3.63) is 70.3 Å². The zero-order valence-electron chi connectivity index (χ0n) is 16.8. The summed E-state index contributed by atoms with van der Waals surface area (Å²) >= 11 is 0. The van der Waals surface area contributed by atoms with Crippen LogP contribution >= 0.6 is 0 Å². The van der Waals surface area contributed by atoms with Crippen LogP contribution in [0.5, 0.6) is 17.2 Å². The molecule has 0 amide bonds. The molecule has 4 aromatic rings. The van der Waals surface area contributed by atoms with E-state index in [1.807, 2.05) is 0 Å². The van der Waals surface area contributed by atoms with Crippen LogP contribution in [0, 0.1) is 0 Å². The Morgan fingerprint density at radius 3 is 2.68 bits per heavy atom. The maximum absolute atomic E-state index is 13.3. The molecule has 2 aromatic carbocycles. The Balaban J connectivity index is 1.75. The molecule has 2 aromatic heterocycles. The first-order chi connectivity index (χ1) is 15.0. The van der Waals surface area contributed by atoms with E-state index in [9.17, 15) is 14.7 Å². The highest BCUT2D eigenvalue weighted by atomic mass is 16.5. The van der Waals surface area contributed by atoms with Gasteiger partial charge in [0, 0.05) is 30.8 Å². The molecule has 1 aliphatic heterocycles. The number of rotatable bonds is 3. The molecule has 1 aliphatic rings. The smallest absolute Gasteiger partial charge is 0.312 e. The highest BCUT2D eigenvalue weighted by molar-refractivity contribution is 5.94. The van der Waals surface area contributed by atoms with Crippen molar-refractivity contribution in [2.45, 2.75) is 12.3 Å². The molecule has 0 saturated carbocycles. The number of nitrogens with zero attached hydrogens (tertiary/aromatic N) is 2. The second-order valence-corrected chi connectivity index (χ2v) is 7.40. The maximum Gasteiger partial charge on any atom is 0.312 e. The molecule has 1 N–H and O–H groups in total. The van der Waals surface area contributed by atoms with Crippen molar-refractivity contribution in [1.29, 1.82) is 0 Å². The average molecular weight is 418 g/mol. The number of methoxy groups -OCH3 is 1. The molecule has 0 aliphatic carbocycles. The Hall–Kier alpha value is -4.07. The van der Waals surface area contributed by atoms with Crippen molar-refractivity contribution in [1.82, 2.24) is 9.78 Å². The van der Waals surface area contributed by atoms with Crippen LogP contribution in [-0.4, -0.2) is 28.0 Å². The fourth-order valence-electron chi connectivity index (χ4n) is 4.01. The van der Waals surface area contributed by atoms with Crippen molar-refractivity contribution < 1.29 is 23.8 Å². The predicted octanol–water partition coefficient (Wildman–Crippen LogP) is 3.35. The number of aromatic hydroxyl groups is 1. The molecular formula is C23H18N2O6. The molecule has 5 rings (SSSR count). The number of carbonyl (C=O) groups is 1. The van der Waals surface area contributed by atoms with Crippen molar-refractivity contribution in [2.75, 3.05) is 7.11 Å². The molecule has 0 bridgehead atoms. The first kappa shape index (κ1) is 18.9. The Kier molecular flexibility index (Phi) is 4.28. The first-order valence-corrected chi connectivity index (χ1v) is 9.61. The average Bonchev–Trinajstić information content (AvgIpc) is 3.19. The summed E-state index contributed by atoms with van der Waals surface area (Å²) in [5.41, 5.74) is 2.07. The van der Waals surface area contributed by atoms with Crippen LogP contribution in [-0.2, 0) is 11.8 Å². The standard InChI is InChI=1S/C23H18N2O6/c1-25-10-13(9-24-25)15-7-19(27)31-18-8-17(26)21-22(28)16(11-30-23(21)20(15)18)12-3-5-14(29-2)6-4-12/h3-6,8-11,15,26H,7H2,1-2H3/t15-/m0/s1. The topological polar surface area (TPSA) is 104 Å². The van der Waals surface area contributed by atoms with Gasteiger partial charge in [-0.1, -0.05) is 12.1 Å². The Morgan fingerprint density at radius 2 is 2.00 bits per heavy atom. The zero-order chi connectivity index (χ0) is 21.7. The summed E-state index contributed by atoms with van der Waals surface area (Å²) in [6, 6.07) is 8.26. The van der Waals surface area contributed by atoms with Crippen LogP contribution < -0.4 is 14.9 Å². The van der Waals surface area contributed by atoms with E-state index < -0.39 is 11.9 Å². The van der Waals surface area contributed by atoms with Crippen LogP contribution in [0.15, 0.2) is 58.2 Å². The lowest BCUT2D eigenvalue weighted by Crippen LogP contribution is -2.22. The molecule has 0 fully saturated rings. The third kappa shape index (κ3) is 3.04. The van der Waals surface area contributed by atoms with Gasteiger partial charge in [0.1, 0.15) is 34.5 Å². The Morgan fingerprint density at radius 1 is 1.23 bits per heavy atom. The first-order valence-electron chi connectivity index (χ1n) is 9.61. The quantitative estimate of drug-likeness (QED) is 0.402. The second-order valence-electron chi connectivity index (χ2n) is 7.40. The van der Waals surface area contributed by atoms with Gasteiger partial charge in [0.05, 0.1) is 25.3 Å². The maximum atomic E-state index is 13.3. The summed E-state index contributed by atoms with van der Waals surface area (Å²) in [6.07, 6.45) is 4.90. The lowest BCUT2D eigenvalue weighted by Gasteiger charge is -2.24. The monoisotopic (exact) mass is 418 g/mol. The van der Waals surface area contributed by atoms with Gasteiger partial charge >= 0.3 is 5.97 Å². The molecule has 31 heavy (non-hydrogen) atoms. The number of carbonyl (C=O) groups excluding carboxylic acids is 1. The Labute approximate surface area is 176 Å². The van der Waals surface area contributed by atoms with E-state index in [1.54, 1.807) is 55.5 Å². The molecule has 3 heterocycles. The van der Waals surface area contributed by atoms with Gasteiger partial charge in [0.2, 0.25) is 5.43 Å². The van der Waals surface area contributed by atoms with Crippen molar-refractivity contribution in [2.24, 2.45) is 7.05 Å². The van der Waals surface area contributed by atoms with Gasteiger partial charge in [-0.05, 0) is 23.3 Å². The fraction of sp³-hybridized carbons (Fsp3) is 0.174. The number of phenolic OH excluding ortho intramolecular Hbond substituents is 1. The van der Waals surface area contributed by atoms with Crippen LogP contribution in [0.3, 0.4) is 0 Å².